The molecular formula is C16H19N3O2. The number of hydrogen-bond donors (Lipinski definition) is 1. The van der Waals surface area contributed by atoms with Gasteiger partial charge in [-0.2, -0.15) is 0 Å². The summed E-state index contributed by atoms with van der Waals surface area (Å²) in [6.45, 7) is 1.96. The smallest absolute Gasteiger partial charge is 0.274 e. The van der Waals surface area contributed by atoms with Crippen LogP contribution >= 0.6 is 0 Å². The fraction of sp³-hybridized carbons (Fsp3) is 0.250. The number of methoxy groups -OCH3 is 1. The van der Waals surface area contributed by atoms with Crippen LogP contribution in [0.25, 0.3) is 0 Å². The Morgan fingerprint density at radius 3 is 2.67 bits per heavy atom. The average Bonchev–Trinajstić information content (AvgIpc) is 2.47. The monoisotopic (exact) mass is 285 g/mol. The van der Waals surface area contributed by atoms with E-state index in [-0.39, 0.29) is 5.91 Å². The first-order valence-corrected chi connectivity index (χ1v) is 6.61. The molecule has 0 fully saturated rings. The van der Waals surface area contributed by atoms with Crippen LogP contribution in [-0.4, -0.2) is 32.1 Å². The van der Waals surface area contributed by atoms with Gasteiger partial charge in [-0.1, -0.05) is 12.1 Å². The predicted molar refractivity (Wildman–Crippen MR) is 84.2 cm³/mol. The average molecular weight is 285 g/mol. The number of hydrogen-bond acceptors (Lipinski definition) is 4. The molecule has 21 heavy (non-hydrogen) atoms. The van der Waals surface area contributed by atoms with Gasteiger partial charge in [-0.25, -0.2) is 4.98 Å². The zero-order valence-electron chi connectivity index (χ0n) is 12.7. The highest BCUT2D eigenvalue weighted by atomic mass is 16.5. The quantitative estimate of drug-likeness (QED) is 0.938. The molecule has 1 N–H and O–H groups in total. The van der Waals surface area contributed by atoms with Crippen molar-refractivity contribution in [2.45, 2.75) is 6.92 Å². The van der Waals surface area contributed by atoms with Crippen molar-refractivity contribution in [2.75, 3.05) is 31.4 Å². The Bertz CT molecular complexity index is 654. The third-order valence-electron chi connectivity index (χ3n) is 3.03. The van der Waals surface area contributed by atoms with Crippen molar-refractivity contribution in [3.8, 4) is 5.75 Å². The van der Waals surface area contributed by atoms with Gasteiger partial charge in [0.2, 0.25) is 0 Å². The van der Waals surface area contributed by atoms with Crippen LogP contribution in [0, 0.1) is 6.92 Å². The first-order chi connectivity index (χ1) is 10.0. The van der Waals surface area contributed by atoms with E-state index in [0.29, 0.717) is 17.1 Å². The Balaban J connectivity index is 2.26. The highest BCUT2D eigenvalue weighted by Crippen LogP contribution is 2.25. The summed E-state index contributed by atoms with van der Waals surface area (Å²) in [6, 6.07) is 11.0. The minimum atomic E-state index is -0.261. The fourth-order valence-corrected chi connectivity index (χ4v) is 1.90. The number of amides is 1. The minimum absolute atomic E-state index is 0.261. The molecule has 0 aliphatic heterocycles. The normalized spacial score (nSPS) is 10.1. The molecule has 0 radical (unpaired) electrons. The van der Waals surface area contributed by atoms with Gasteiger partial charge >= 0.3 is 0 Å². The van der Waals surface area contributed by atoms with Crippen molar-refractivity contribution in [1.29, 1.82) is 0 Å². The zero-order valence-corrected chi connectivity index (χ0v) is 12.7. The van der Waals surface area contributed by atoms with Gasteiger partial charge < -0.3 is 15.0 Å². The summed E-state index contributed by atoms with van der Waals surface area (Å²) in [5.41, 5.74) is 2.05. The van der Waals surface area contributed by atoms with E-state index in [1.54, 1.807) is 13.2 Å². The summed E-state index contributed by atoms with van der Waals surface area (Å²) < 4.78 is 5.26. The first-order valence-electron chi connectivity index (χ1n) is 6.61. The number of rotatable bonds is 4. The maximum absolute atomic E-state index is 12.3. The molecule has 5 heteroatoms. The Morgan fingerprint density at radius 1 is 1.24 bits per heavy atom. The van der Waals surface area contributed by atoms with Gasteiger partial charge in [-0.05, 0) is 36.8 Å². The molecule has 0 bridgehead atoms. The van der Waals surface area contributed by atoms with E-state index in [4.69, 9.17) is 4.74 Å². The van der Waals surface area contributed by atoms with E-state index in [1.807, 2.05) is 56.3 Å². The lowest BCUT2D eigenvalue weighted by Gasteiger charge is -2.13. The second kappa shape index (κ2) is 6.26. The standard InChI is InChI=1S/C16H19N3O2/c1-11-8-9-14(21-4)13(10-11)18-16(20)12-6-5-7-15(17-12)19(2)3/h5-10H,1-4H3,(H,18,20). The van der Waals surface area contributed by atoms with Crippen molar-refractivity contribution < 1.29 is 9.53 Å². The van der Waals surface area contributed by atoms with E-state index in [0.717, 1.165) is 11.4 Å². The zero-order chi connectivity index (χ0) is 15.4. The molecule has 2 rings (SSSR count). The molecule has 0 aliphatic carbocycles. The van der Waals surface area contributed by atoms with Gasteiger partial charge in [-0.3, -0.25) is 4.79 Å². The van der Waals surface area contributed by atoms with Crippen LogP contribution in [0.2, 0.25) is 0 Å². The van der Waals surface area contributed by atoms with Crippen LogP contribution < -0.4 is 15.0 Å². The molecule has 1 aromatic heterocycles. The van der Waals surface area contributed by atoms with Gasteiger partial charge in [0.25, 0.3) is 5.91 Å². The van der Waals surface area contributed by atoms with E-state index < -0.39 is 0 Å². The molecule has 1 aromatic carbocycles. The van der Waals surface area contributed by atoms with Crippen molar-refractivity contribution in [3.05, 3.63) is 47.7 Å². The second-order valence-corrected chi connectivity index (χ2v) is 4.93. The van der Waals surface area contributed by atoms with E-state index in [2.05, 4.69) is 10.3 Å². The molecule has 5 nitrogen and oxygen atoms in total. The highest BCUT2D eigenvalue weighted by molar-refractivity contribution is 6.03. The third kappa shape index (κ3) is 3.51. The van der Waals surface area contributed by atoms with Gasteiger partial charge in [0, 0.05) is 14.1 Å². The second-order valence-electron chi connectivity index (χ2n) is 4.93. The van der Waals surface area contributed by atoms with Crippen LogP contribution in [0.1, 0.15) is 16.1 Å². The van der Waals surface area contributed by atoms with E-state index in [9.17, 15) is 4.79 Å². The number of aromatic nitrogens is 1. The van der Waals surface area contributed by atoms with Crippen LogP contribution in [0.3, 0.4) is 0 Å². The van der Waals surface area contributed by atoms with Gasteiger partial charge in [0.05, 0.1) is 12.8 Å². The highest BCUT2D eigenvalue weighted by Gasteiger charge is 2.12. The summed E-state index contributed by atoms with van der Waals surface area (Å²) in [4.78, 5) is 18.5. The molecule has 2 aromatic rings. The molecule has 0 atom stereocenters. The summed E-state index contributed by atoms with van der Waals surface area (Å²) in [6.07, 6.45) is 0. The molecule has 1 heterocycles. The molecule has 0 unspecified atom stereocenters. The summed E-state index contributed by atoms with van der Waals surface area (Å²) >= 11 is 0. The molecule has 0 spiro atoms. The van der Waals surface area contributed by atoms with Gasteiger partial charge in [0.1, 0.15) is 17.3 Å². The number of benzene rings is 1. The number of anilines is 2. The number of carbonyl (C=O) groups is 1. The molecular weight excluding hydrogens is 266 g/mol. The Morgan fingerprint density at radius 2 is 2.00 bits per heavy atom. The molecule has 1 amide bonds. The maximum atomic E-state index is 12.3. The predicted octanol–water partition coefficient (Wildman–Crippen LogP) is 2.72. The fourth-order valence-electron chi connectivity index (χ4n) is 1.90. The van der Waals surface area contributed by atoms with Gasteiger partial charge in [-0.15, -0.1) is 0 Å². The Kier molecular flexibility index (Phi) is 4.42. The number of carbonyl (C=O) groups excluding carboxylic acids is 1. The van der Waals surface area contributed by atoms with Crippen LogP contribution in [0.5, 0.6) is 5.75 Å². The van der Waals surface area contributed by atoms with E-state index in [1.165, 1.54) is 0 Å². The van der Waals surface area contributed by atoms with Crippen molar-refractivity contribution in [1.82, 2.24) is 4.98 Å². The number of pyridine rings is 1. The molecule has 110 valence electrons. The van der Waals surface area contributed by atoms with Crippen molar-refractivity contribution in [3.63, 3.8) is 0 Å². The van der Waals surface area contributed by atoms with Crippen molar-refractivity contribution in [2.24, 2.45) is 0 Å². The van der Waals surface area contributed by atoms with Crippen LogP contribution in [0.15, 0.2) is 36.4 Å². The summed E-state index contributed by atoms with van der Waals surface area (Å²) in [7, 11) is 5.34. The topological polar surface area (TPSA) is 54.5 Å². The number of nitrogens with zero attached hydrogens (tertiary/aromatic N) is 2. The maximum Gasteiger partial charge on any atom is 0.274 e. The van der Waals surface area contributed by atoms with Gasteiger partial charge in [0.15, 0.2) is 0 Å². The first kappa shape index (κ1) is 14.8. The van der Waals surface area contributed by atoms with E-state index >= 15 is 0 Å². The molecule has 0 saturated carbocycles. The Labute approximate surface area is 124 Å². The minimum Gasteiger partial charge on any atom is -0.495 e. The SMILES string of the molecule is COc1ccc(C)cc1NC(=O)c1cccc(N(C)C)n1. The lowest BCUT2D eigenvalue weighted by Crippen LogP contribution is -2.17. The molecule has 0 saturated heterocycles. The largest absolute Gasteiger partial charge is 0.495 e. The molecule has 0 aliphatic rings. The third-order valence-corrected chi connectivity index (χ3v) is 3.03. The number of aryl methyl sites for hydroxylation is 1. The Hall–Kier alpha value is -2.56. The number of ether oxygens (including phenoxy) is 1. The van der Waals surface area contributed by atoms with Crippen molar-refractivity contribution >= 4 is 17.4 Å². The summed E-state index contributed by atoms with van der Waals surface area (Å²) in [5.74, 6) is 1.10. The summed E-state index contributed by atoms with van der Waals surface area (Å²) in [5, 5.41) is 2.84. The van der Waals surface area contributed by atoms with Crippen LogP contribution in [-0.2, 0) is 0 Å². The van der Waals surface area contributed by atoms with Crippen LogP contribution in [0.4, 0.5) is 11.5 Å². The lowest BCUT2D eigenvalue weighted by molar-refractivity contribution is 0.102. The lowest BCUT2D eigenvalue weighted by atomic mass is 10.2. The number of nitrogens with one attached hydrogen (secondary N) is 1.